The molecule has 0 aromatic heterocycles. The Balaban J connectivity index is 1.45. The molecule has 0 radical (unpaired) electrons. The molecule has 2 aliphatic heterocycles. The summed E-state index contributed by atoms with van der Waals surface area (Å²) in [5.41, 5.74) is 4.87. The van der Waals surface area contributed by atoms with Gasteiger partial charge in [-0.3, -0.25) is 4.79 Å². The topological polar surface area (TPSA) is 56.1 Å². The molecule has 1 amide bonds. The van der Waals surface area contributed by atoms with Crippen LogP contribution in [-0.2, 0) is 6.42 Å². The summed E-state index contributed by atoms with van der Waals surface area (Å²) >= 11 is 0. The van der Waals surface area contributed by atoms with Crippen molar-refractivity contribution in [1.29, 1.82) is 0 Å². The zero-order chi connectivity index (χ0) is 20.6. The van der Waals surface area contributed by atoms with E-state index < -0.39 is 0 Å². The fourth-order valence-electron chi connectivity index (χ4n) is 5.60. The molecule has 1 N–H and O–H groups in total. The maximum Gasteiger partial charge on any atom is 0.258 e. The molecule has 5 heteroatoms. The molecule has 156 valence electrons. The van der Waals surface area contributed by atoms with Crippen LogP contribution in [0.4, 0.5) is 11.4 Å². The highest BCUT2D eigenvalue weighted by atomic mass is 16.4. The van der Waals surface area contributed by atoms with Crippen LogP contribution in [-0.4, -0.2) is 36.5 Å². The summed E-state index contributed by atoms with van der Waals surface area (Å²) in [6.45, 7) is 2.84. The van der Waals surface area contributed by atoms with Crippen LogP contribution in [0.3, 0.4) is 0 Å². The van der Waals surface area contributed by atoms with Gasteiger partial charge in [0.2, 0.25) is 0 Å². The number of anilines is 2. The number of fused-ring (bicyclic) bond motifs is 1. The van der Waals surface area contributed by atoms with Gasteiger partial charge in [0.25, 0.3) is 5.91 Å². The molecule has 1 saturated heterocycles. The van der Waals surface area contributed by atoms with E-state index >= 15 is 0 Å². The summed E-state index contributed by atoms with van der Waals surface area (Å²) < 4.78 is 0. The Hall–Kier alpha value is -2.82. The third kappa shape index (κ3) is 3.26. The minimum Gasteiger partial charge on any atom is -0.411 e. The zero-order valence-corrected chi connectivity index (χ0v) is 17.4. The Bertz CT molecular complexity index is 963. The van der Waals surface area contributed by atoms with Gasteiger partial charge in [0.15, 0.2) is 0 Å². The summed E-state index contributed by atoms with van der Waals surface area (Å²) in [7, 11) is 0. The van der Waals surface area contributed by atoms with Gasteiger partial charge in [-0.05, 0) is 80.8 Å². The quantitative estimate of drug-likeness (QED) is 0.574. The molecule has 5 rings (SSSR count). The number of para-hydroxylation sites is 1. The lowest BCUT2D eigenvalue weighted by Crippen LogP contribution is -2.35. The van der Waals surface area contributed by atoms with E-state index in [4.69, 9.17) is 0 Å². The summed E-state index contributed by atoms with van der Waals surface area (Å²) in [6, 6.07) is 16.3. The molecule has 1 unspecified atom stereocenters. The molecular weight excluding hydrogens is 374 g/mol. The first-order valence-corrected chi connectivity index (χ1v) is 11.2. The molecular formula is C25H29N3O2. The van der Waals surface area contributed by atoms with E-state index in [-0.39, 0.29) is 11.3 Å². The normalized spacial score (nSPS) is 25.0. The number of oxime groups is 1. The van der Waals surface area contributed by atoms with E-state index in [9.17, 15) is 10.0 Å². The van der Waals surface area contributed by atoms with Crippen molar-refractivity contribution in [3.63, 3.8) is 0 Å². The number of nitrogens with zero attached hydrogens (tertiary/aromatic N) is 3. The average molecular weight is 404 g/mol. The number of amides is 1. The Morgan fingerprint density at radius 3 is 2.47 bits per heavy atom. The van der Waals surface area contributed by atoms with E-state index in [0.717, 1.165) is 62.2 Å². The van der Waals surface area contributed by atoms with Crippen molar-refractivity contribution in [1.82, 2.24) is 0 Å². The van der Waals surface area contributed by atoms with Gasteiger partial charge in [-0.15, -0.1) is 0 Å². The molecule has 3 aliphatic rings. The van der Waals surface area contributed by atoms with Gasteiger partial charge in [0, 0.05) is 42.0 Å². The first-order chi connectivity index (χ1) is 14.7. The molecule has 1 saturated carbocycles. The van der Waals surface area contributed by atoms with Crippen LogP contribution >= 0.6 is 0 Å². The van der Waals surface area contributed by atoms with E-state index in [1.54, 1.807) is 0 Å². The lowest BCUT2D eigenvalue weighted by Gasteiger charge is -2.28. The Morgan fingerprint density at radius 1 is 0.933 bits per heavy atom. The molecule has 1 spiro atoms. The average Bonchev–Trinajstić information content (AvgIpc) is 3.41. The van der Waals surface area contributed by atoms with E-state index in [1.807, 2.05) is 29.2 Å². The molecule has 30 heavy (non-hydrogen) atoms. The van der Waals surface area contributed by atoms with Crippen LogP contribution in [0.15, 0.2) is 53.7 Å². The lowest BCUT2D eigenvalue weighted by atomic mass is 9.76. The summed E-state index contributed by atoms with van der Waals surface area (Å²) in [6.07, 6.45) is 7.07. The van der Waals surface area contributed by atoms with Crippen molar-refractivity contribution >= 4 is 23.0 Å². The minimum atomic E-state index is -0.126. The number of carbonyl (C=O) groups excluding carboxylic acids is 1. The monoisotopic (exact) mass is 403 g/mol. The van der Waals surface area contributed by atoms with Crippen molar-refractivity contribution in [3.05, 3.63) is 59.7 Å². The van der Waals surface area contributed by atoms with Crippen molar-refractivity contribution < 1.29 is 10.0 Å². The van der Waals surface area contributed by atoms with Crippen molar-refractivity contribution in [2.45, 2.75) is 44.9 Å². The molecule has 2 aromatic carbocycles. The van der Waals surface area contributed by atoms with Crippen LogP contribution in [0.1, 0.15) is 54.4 Å². The highest BCUT2D eigenvalue weighted by Gasteiger charge is 2.43. The number of carbonyl (C=O) groups is 1. The van der Waals surface area contributed by atoms with E-state index in [1.165, 1.54) is 24.1 Å². The second-order valence-electron chi connectivity index (χ2n) is 8.93. The predicted molar refractivity (Wildman–Crippen MR) is 120 cm³/mol. The minimum absolute atomic E-state index is 0.0490. The number of hydrogen-bond donors (Lipinski definition) is 1. The number of benzene rings is 2. The molecule has 5 nitrogen and oxygen atoms in total. The SMILES string of the molecule is O=C(c1ccc(N2CCCC2)cc1)N1CCC2(CCC/C2=N\O)Cc2ccccc21. The fourth-order valence-corrected chi connectivity index (χ4v) is 5.60. The predicted octanol–water partition coefficient (Wildman–Crippen LogP) is 4.88. The smallest absolute Gasteiger partial charge is 0.258 e. The maximum absolute atomic E-state index is 13.5. The molecule has 1 atom stereocenters. The van der Waals surface area contributed by atoms with Crippen LogP contribution in [0.5, 0.6) is 0 Å². The van der Waals surface area contributed by atoms with Gasteiger partial charge >= 0.3 is 0 Å². The van der Waals surface area contributed by atoms with Crippen LogP contribution in [0.2, 0.25) is 0 Å². The Kier molecular flexibility index (Phi) is 4.97. The van der Waals surface area contributed by atoms with Crippen LogP contribution in [0, 0.1) is 5.41 Å². The van der Waals surface area contributed by atoms with Crippen LogP contribution in [0.25, 0.3) is 0 Å². The van der Waals surface area contributed by atoms with Gasteiger partial charge in [0.1, 0.15) is 0 Å². The second kappa shape index (κ2) is 7.78. The van der Waals surface area contributed by atoms with E-state index in [2.05, 4.69) is 34.3 Å². The van der Waals surface area contributed by atoms with Gasteiger partial charge in [0.05, 0.1) is 5.71 Å². The standard InChI is InChI=1S/C25H29N3O2/c29-24(19-9-11-21(12-10-19)27-15-3-4-16-27)28-17-14-25(13-5-8-23(25)26-30)18-20-6-1-2-7-22(20)28/h1-2,6-7,9-12,30H,3-5,8,13-18H2/b26-23+. The third-order valence-electron chi connectivity index (χ3n) is 7.26. The molecule has 2 heterocycles. The van der Waals surface area contributed by atoms with Crippen LogP contribution < -0.4 is 9.80 Å². The molecule has 1 aliphatic carbocycles. The van der Waals surface area contributed by atoms with Gasteiger partial charge in [-0.1, -0.05) is 23.4 Å². The Labute approximate surface area is 178 Å². The van der Waals surface area contributed by atoms with Crippen molar-refractivity contribution in [3.8, 4) is 0 Å². The van der Waals surface area contributed by atoms with Gasteiger partial charge < -0.3 is 15.0 Å². The largest absolute Gasteiger partial charge is 0.411 e. The first kappa shape index (κ1) is 19.2. The highest BCUT2D eigenvalue weighted by Crippen LogP contribution is 2.46. The van der Waals surface area contributed by atoms with Gasteiger partial charge in [-0.25, -0.2) is 0 Å². The second-order valence-corrected chi connectivity index (χ2v) is 8.93. The number of rotatable bonds is 2. The van der Waals surface area contributed by atoms with E-state index in [0.29, 0.717) is 6.54 Å². The maximum atomic E-state index is 13.5. The summed E-state index contributed by atoms with van der Waals surface area (Å²) in [5, 5.41) is 13.3. The van der Waals surface area contributed by atoms with Crippen molar-refractivity contribution in [2.24, 2.45) is 10.6 Å². The highest BCUT2D eigenvalue weighted by molar-refractivity contribution is 6.07. The summed E-state index contributed by atoms with van der Waals surface area (Å²) in [5.74, 6) is 0.0490. The third-order valence-corrected chi connectivity index (χ3v) is 7.26. The number of hydrogen-bond acceptors (Lipinski definition) is 4. The Morgan fingerprint density at radius 2 is 1.70 bits per heavy atom. The van der Waals surface area contributed by atoms with Gasteiger partial charge in [-0.2, -0.15) is 0 Å². The first-order valence-electron chi connectivity index (χ1n) is 11.2. The molecule has 2 aromatic rings. The molecule has 0 bridgehead atoms. The molecule has 2 fully saturated rings. The zero-order valence-electron chi connectivity index (χ0n) is 17.4. The fraction of sp³-hybridized carbons (Fsp3) is 0.440. The summed E-state index contributed by atoms with van der Waals surface area (Å²) in [4.78, 5) is 17.9. The van der Waals surface area contributed by atoms with Crippen molar-refractivity contribution in [2.75, 3.05) is 29.4 Å². The lowest BCUT2D eigenvalue weighted by molar-refractivity contribution is 0.0985.